The standard InChI is InChI=1S/C16H13ClF3N5O.ClH/c1-9(14-13(20)15(17)23-7-22-14)16(26,5-25-8-21-6-24-25)11-3-2-10(18)4-12(11)19;/h2-4,6-9,26H,5H2,1H3;1H. The zero-order valence-electron chi connectivity index (χ0n) is 13.9. The zero-order chi connectivity index (χ0) is 18.9. The van der Waals surface area contributed by atoms with E-state index >= 15 is 0 Å². The van der Waals surface area contributed by atoms with E-state index in [1.807, 2.05) is 0 Å². The van der Waals surface area contributed by atoms with Crippen LogP contribution in [0.25, 0.3) is 0 Å². The van der Waals surface area contributed by atoms with Crippen LogP contribution in [0.1, 0.15) is 24.1 Å². The van der Waals surface area contributed by atoms with Crippen LogP contribution in [0.15, 0.2) is 37.2 Å². The summed E-state index contributed by atoms with van der Waals surface area (Å²) in [4.78, 5) is 11.1. The van der Waals surface area contributed by atoms with E-state index in [0.29, 0.717) is 6.07 Å². The molecule has 0 saturated carbocycles. The number of aliphatic hydroxyl groups is 1. The molecule has 2 heterocycles. The van der Waals surface area contributed by atoms with Crippen LogP contribution in [-0.4, -0.2) is 29.8 Å². The molecule has 144 valence electrons. The minimum absolute atomic E-state index is 0. The summed E-state index contributed by atoms with van der Waals surface area (Å²) in [6.07, 6.45) is 3.57. The van der Waals surface area contributed by atoms with Gasteiger partial charge in [0, 0.05) is 17.5 Å². The summed E-state index contributed by atoms with van der Waals surface area (Å²) >= 11 is 5.69. The van der Waals surface area contributed by atoms with E-state index < -0.39 is 34.1 Å². The third-order valence-corrected chi connectivity index (χ3v) is 4.43. The van der Waals surface area contributed by atoms with Crippen molar-refractivity contribution in [3.05, 3.63) is 71.0 Å². The third-order valence-electron chi connectivity index (χ3n) is 4.17. The van der Waals surface area contributed by atoms with Crippen molar-refractivity contribution in [1.29, 1.82) is 0 Å². The summed E-state index contributed by atoms with van der Waals surface area (Å²) in [5.41, 5.74) is -2.48. The van der Waals surface area contributed by atoms with E-state index in [2.05, 4.69) is 20.1 Å². The molecule has 0 bridgehead atoms. The first-order chi connectivity index (χ1) is 12.3. The average molecular weight is 420 g/mol. The van der Waals surface area contributed by atoms with Crippen LogP contribution >= 0.6 is 24.0 Å². The third kappa shape index (κ3) is 4.05. The Morgan fingerprint density at radius 2 is 1.96 bits per heavy atom. The van der Waals surface area contributed by atoms with E-state index in [1.165, 1.54) is 24.3 Å². The Hall–Kier alpha value is -2.23. The molecule has 3 rings (SSSR count). The van der Waals surface area contributed by atoms with E-state index in [-0.39, 0.29) is 30.2 Å². The Balaban J connectivity index is 0.00000261. The van der Waals surface area contributed by atoms with Gasteiger partial charge < -0.3 is 5.11 Å². The normalized spacial score (nSPS) is 14.3. The molecule has 1 aromatic carbocycles. The van der Waals surface area contributed by atoms with Crippen molar-refractivity contribution in [1.82, 2.24) is 24.7 Å². The molecule has 1 N–H and O–H groups in total. The number of benzene rings is 1. The molecule has 11 heteroatoms. The number of halogens is 5. The highest BCUT2D eigenvalue weighted by Crippen LogP contribution is 2.40. The lowest BCUT2D eigenvalue weighted by atomic mass is 9.79. The minimum Gasteiger partial charge on any atom is -0.382 e. The van der Waals surface area contributed by atoms with Crippen molar-refractivity contribution >= 4 is 24.0 Å². The average Bonchev–Trinajstić information content (AvgIpc) is 3.09. The minimum atomic E-state index is -2.02. The van der Waals surface area contributed by atoms with Crippen molar-refractivity contribution in [2.45, 2.75) is 25.0 Å². The Morgan fingerprint density at radius 3 is 2.59 bits per heavy atom. The van der Waals surface area contributed by atoms with Gasteiger partial charge >= 0.3 is 0 Å². The fourth-order valence-corrected chi connectivity index (χ4v) is 2.89. The Labute approximate surface area is 163 Å². The maximum atomic E-state index is 14.4. The first-order valence-corrected chi connectivity index (χ1v) is 7.87. The van der Waals surface area contributed by atoms with Crippen molar-refractivity contribution < 1.29 is 18.3 Å². The fourth-order valence-electron chi connectivity index (χ4n) is 2.75. The second-order valence-electron chi connectivity index (χ2n) is 5.73. The smallest absolute Gasteiger partial charge is 0.182 e. The maximum absolute atomic E-state index is 14.4. The summed E-state index contributed by atoms with van der Waals surface area (Å²) in [7, 11) is 0. The van der Waals surface area contributed by atoms with Crippen LogP contribution in [-0.2, 0) is 12.1 Å². The molecule has 6 nitrogen and oxygen atoms in total. The van der Waals surface area contributed by atoms with Crippen LogP contribution < -0.4 is 0 Å². The number of hydrogen-bond acceptors (Lipinski definition) is 5. The van der Waals surface area contributed by atoms with Gasteiger partial charge in [0.1, 0.15) is 36.2 Å². The van der Waals surface area contributed by atoms with Crippen molar-refractivity contribution in [3.8, 4) is 0 Å². The first-order valence-electron chi connectivity index (χ1n) is 7.49. The Morgan fingerprint density at radius 1 is 1.22 bits per heavy atom. The van der Waals surface area contributed by atoms with E-state index in [0.717, 1.165) is 18.5 Å². The van der Waals surface area contributed by atoms with Crippen molar-refractivity contribution in [3.63, 3.8) is 0 Å². The van der Waals surface area contributed by atoms with E-state index in [9.17, 15) is 18.3 Å². The zero-order valence-corrected chi connectivity index (χ0v) is 15.4. The summed E-state index contributed by atoms with van der Waals surface area (Å²) < 4.78 is 43.4. The first kappa shape index (κ1) is 21.1. The van der Waals surface area contributed by atoms with Gasteiger partial charge in [-0.3, -0.25) is 0 Å². The lowest BCUT2D eigenvalue weighted by Crippen LogP contribution is -2.39. The topological polar surface area (TPSA) is 76.7 Å². The molecule has 0 amide bonds. The van der Waals surface area contributed by atoms with E-state index in [4.69, 9.17) is 11.6 Å². The van der Waals surface area contributed by atoms with Gasteiger partial charge in [0.25, 0.3) is 0 Å². The second kappa shape index (κ2) is 8.20. The molecule has 0 aliphatic carbocycles. The molecule has 3 aromatic rings. The number of rotatable bonds is 5. The van der Waals surface area contributed by atoms with Gasteiger partial charge in [-0.05, 0) is 6.07 Å². The van der Waals surface area contributed by atoms with Gasteiger partial charge in [-0.2, -0.15) is 5.10 Å². The monoisotopic (exact) mass is 419 g/mol. The lowest BCUT2D eigenvalue weighted by Gasteiger charge is -2.34. The van der Waals surface area contributed by atoms with Crippen LogP contribution in [0.5, 0.6) is 0 Å². The molecule has 2 aromatic heterocycles. The summed E-state index contributed by atoms with van der Waals surface area (Å²) in [5.74, 6) is -3.80. The van der Waals surface area contributed by atoms with Gasteiger partial charge in [-0.1, -0.05) is 24.6 Å². The Kier molecular flexibility index (Phi) is 6.40. The largest absolute Gasteiger partial charge is 0.382 e. The highest BCUT2D eigenvalue weighted by molar-refractivity contribution is 6.29. The molecule has 0 aliphatic heterocycles. The van der Waals surface area contributed by atoms with Crippen molar-refractivity contribution in [2.75, 3.05) is 0 Å². The van der Waals surface area contributed by atoms with Gasteiger partial charge in [0.2, 0.25) is 0 Å². The molecule has 0 radical (unpaired) electrons. The molecule has 2 unspecified atom stereocenters. The summed E-state index contributed by atoms with van der Waals surface area (Å²) in [6.45, 7) is 1.17. The SMILES string of the molecule is CC(c1ncnc(Cl)c1F)C(O)(Cn1cncn1)c1ccc(F)cc1F.Cl. The molecular weight excluding hydrogens is 406 g/mol. The Bertz CT molecular complexity index is 928. The van der Waals surface area contributed by atoms with Crippen LogP contribution in [0.2, 0.25) is 5.15 Å². The molecular formula is C16H14Cl2F3N5O. The summed E-state index contributed by atoms with van der Waals surface area (Å²) in [6, 6.07) is 2.73. The van der Waals surface area contributed by atoms with E-state index in [1.54, 1.807) is 0 Å². The quantitative estimate of drug-likeness (QED) is 0.642. The molecule has 0 spiro atoms. The van der Waals surface area contributed by atoms with Crippen LogP contribution in [0.4, 0.5) is 13.2 Å². The van der Waals surface area contributed by atoms with Gasteiger partial charge in [-0.15, -0.1) is 12.4 Å². The molecule has 0 aliphatic rings. The van der Waals surface area contributed by atoms with Crippen LogP contribution in [0, 0.1) is 17.5 Å². The highest BCUT2D eigenvalue weighted by atomic mass is 35.5. The maximum Gasteiger partial charge on any atom is 0.182 e. The molecule has 0 saturated heterocycles. The van der Waals surface area contributed by atoms with Crippen molar-refractivity contribution in [2.24, 2.45) is 0 Å². The number of hydrogen-bond donors (Lipinski definition) is 1. The lowest BCUT2D eigenvalue weighted by molar-refractivity contribution is -0.0133. The number of nitrogens with zero attached hydrogens (tertiary/aromatic N) is 5. The predicted molar refractivity (Wildman–Crippen MR) is 92.9 cm³/mol. The van der Waals surface area contributed by atoms with Crippen LogP contribution in [0.3, 0.4) is 0 Å². The molecule has 0 fully saturated rings. The predicted octanol–water partition coefficient (Wildman–Crippen LogP) is 3.25. The molecule has 27 heavy (non-hydrogen) atoms. The fraction of sp³-hybridized carbons (Fsp3) is 0.250. The molecule has 2 atom stereocenters. The highest BCUT2D eigenvalue weighted by Gasteiger charge is 2.42. The van der Waals surface area contributed by atoms with Gasteiger partial charge in [-0.25, -0.2) is 32.8 Å². The van der Waals surface area contributed by atoms with Gasteiger partial charge in [0.05, 0.1) is 12.2 Å². The number of aromatic nitrogens is 5. The summed E-state index contributed by atoms with van der Waals surface area (Å²) in [5, 5.41) is 14.8. The van der Waals surface area contributed by atoms with Gasteiger partial charge in [0.15, 0.2) is 11.0 Å². The second-order valence-corrected chi connectivity index (χ2v) is 6.08.